The van der Waals surface area contributed by atoms with Gasteiger partial charge in [0.05, 0.1) is 12.6 Å². The SMILES string of the molecule is CCCCOC(=O)N[C@H](/C=C/c1ccccc1)C(NC(=O)N(C)C)(C(C)=O)C(C)=O. The minimum atomic E-state index is -1.99. The molecule has 0 heterocycles. The zero-order chi connectivity index (χ0) is 22.7. The molecule has 0 bridgehead atoms. The maximum absolute atomic E-state index is 12.7. The van der Waals surface area contributed by atoms with Crippen molar-refractivity contribution in [3.8, 4) is 0 Å². The highest BCUT2D eigenvalue weighted by Crippen LogP contribution is 2.19. The normalized spacial score (nSPS) is 12.2. The second-order valence-electron chi connectivity index (χ2n) is 7.13. The predicted octanol–water partition coefficient (Wildman–Crippen LogP) is 2.78. The summed E-state index contributed by atoms with van der Waals surface area (Å²) in [5.74, 6) is -1.22. The quantitative estimate of drug-likeness (QED) is 0.450. The van der Waals surface area contributed by atoms with E-state index in [9.17, 15) is 19.2 Å². The van der Waals surface area contributed by atoms with Crippen LogP contribution in [0.2, 0.25) is 0 Å². The lowest BCUT2D eigenvalue weighted by Crippen LogP contribution is -2.70. The lowest BCUT2D eigenvalue weighted by molar-refractivity contribution is -0.134. The fourth-order valence-corrected chi connectivity index (χ4v) is 2.77. The number of carbonyl (C=O) groups is 4. The Balaban J connectivity index is 3.37. The number of benzene rings is 1. The Morgan fingerprint density at radius 3 is 2.20 bits per heavy atom. The largest absolute Gasteiger partial charge is 0.450 e. The minimum absolute atomic E-state index is 0.203. The predicted molar refractivity (Wildman–Crippen MR) is 115 cm³/mol. The van der Waals surface area contributed by atoms with Crippen LogP contribution in [0, 0.1) is 0 Å². The molecule has 164 valence electrons. The summed E-state index contributed by atoms with van der Waals surface area (Å²) in [5, 5.41) is 5.08. The Labute approximate surface area is 177 Å². The van der Waals surface area contributed by atoms with Crippen LogP contribution in [0.4, 0.5) is 9.59 Å². The summed E-state index contributed by atoms with van der Waals surface area (Å²) in [5.41, 5.74) is -1.19. The van der Waals surface area contributed by atoms with Gasteiger partial charge in [-0.2, -0.15) is 0 Å². The third kappa shape index (κ3) is 6.72. The number of ether oxygens (including phenoxy) is 1. The first kappa shape index (κ1) is 24.9. The number of nitrogens with zero attached hydrogens (tertiary/aromatic N) is 1. The van der Waals surface area contributed by atoms with E-state index >= 15 is 0 Å². The van der Waals surface area contributed by atoms with Gasteiger partial charge in [0.2, 0.25) is 0 Å². The monoisotopic (exact) mass is 417 g/mol. The van der Waals surface area contributed by atoms with Crippen LogP contribution in [0.1, 0.15) is 39.2 Å². The van der Waals surface area contributed by atoms with Crippen molar-refractivity contribution in [3.63, 3.8) is 0 Å². The van der Waals surface area contributed by atoms with Crippen molar-refractivity contribution in [1.82, 2.24) is 15.5 Å². The van der Waals surface area contributed by atoms with Crippen LogP contribution < -0.4 is 10.6 Å². The van der Waals surface area contributed by atoms with Gasteiger partial charge in [-0.15, -0.1) is 0 Å². The number of hydrogen-bond donors (Lipinski definition) is 2. The van der Waals surface area contributed by atoms with Gasteiger partial charge in [-0.05, 0) is 25.8 Å². The van der Waals surface area contributed by atoms with Crippen molar-refractivity contribution in [1.29, 1.82) is 0 Å². The molecule has 1 atom stereocenters. The number of Topliss-reactive ketones (excluding diaryl/α,β-unsaturated/α-hetero) is 2. The molecule has 8 nitrogen and oxygen atoms in total. The standard InChI is InChI=1S/C22H31N3O5/c1-6-7-15-30-21(29)23-19(14-13-18-11-9-8-10-12-18)22(16(2)26,17(3)27)24-20(28)25(4)5/h8-14,19H,6-7,15H2,1-5H3,(H,23,29)(H,24,28)/b14-13+/t19-/m1/s1. The van der Waals surface area contributed by atoms with Crippen LogP contribution in [0.5, 0.6) is 0 Å². The topological polar surface area (TPSA) is 105 Å². The van der Waals surface area contributed by atoms with Crippen molar-refractivity contribution in [2.75, 3.05) is 20.7 Å². The maximum Gasteiger partial charge on any atom is 0.407 e. The Hall–Kier alpha value is -3.16. The third-order valence-electron chi connectivity index (χ3n) is 4.57. The zero-order valence-electron chi connectivity index (χ0n) is 18.2. The Morgan fingerprint density at radius 2 is 1.70 bits per heavy atom. The second-order valence-corrected chi connectivity index (χ2v) is 7.13. The van der Waals surface area contributed by atoms with E-state index in [0.717, 1.165) is 12.0 Å². The van der Waals surface area contributed by atoms with Gasteiger partial charge in [-0.25, -0.2) is 9.59 Å². The molecule has 1 rings (SSSR count). The van der Waals surface area contributed by atoms with Crippen molar-refractivity contribution < 1.29 is 23.9 Å². The molecule has 3 amide bonds. The molecule has 0 aliphatic rings. The molecule has 8 heteroatoms. The second kappa shape index (κ2) is 11.7. The number of carbonyl (C=O) groups excluding carboxylic acids is 4. The molecule has 2 N–H and O–H groups in total. The molecule has 1 aromatic rings. The lowest BCUT2D eigenvalue weighted by atomic mass is 9.81. The van der Waals surface area contributed by atoms with Crippen LogP contribution in [0.3, 0.4) is 0 Å². The number of hydrogen-bond acceptors (Lipinski definition) is 5. The molecule has 0 aliphatic heterocycles. The number of alkyl carbamates (subject to hydrolysis) is 1. The highest BCUT2D eigenvalue weighted by molar-refractivity contribution is 6.13. The molecular formula is C22H31N3O5. The molecule has 0 saturated carbocycles. The fraction of sp³-hybridized carbons (Fsp3) is 0.455. The van der Waals surface area contributed by atoms with Gasteiger partial charge in [0.25, 0.3) is 0 Å². The molecule has 1 aromatic carbocycles. The number of amides is 3. The first-order valence-electron chi connectivity index (χ1n) is 9.83. The summed E-state index contributed by atoms with van der Waals surface area (Å²) in [7, 11) is 2.98. The van der Waals surface area contributed by atoms with E-state index in [0.29, 0.717) is 6.42 Å². The number of rotatable bonds is 10. The van der Waals surface area contributed by atoms with Gasteiger partial charge >= 0.3 is 12.1 Å². The maximum atomic E-state index is 12.7. The average Bonchev–Trinajstić information content (AvgIpc) is 2.69. The van der Waals surface area contributed by atoms with Crippen LogP contribution in [-0.4, -0.2) is 60.9 Å². The molecule has 0 radical (unpaired) electrons. The molecule has 0 fully saturated rings. The zero-order valence-corrected chi connectivity index (χ0v) is 18.2. The number of unbranched alkanes of at least 4 members (excludes halogenated alkanes) is 1. The van der Waals surface area contributed by atoms with Crippen molar-refractivity contribution in [3.05, 3.63) is 42.0 Å². The highest BCUT2D eigenvalue weighted by atomic mass is 16.5. The Kier molecular flexibility index (Phi) is 9.74. The Morgan fingerprint density at radius 1 is 1.10 bits per heavy atom. The summed E-state index contributed by atoms with van der Waals surface area (Å²) in [6.07, 6.45) is 3.92. The van der Waals surface area contributed by atoms with E-state index in [4.69, 9.17) is 4.74 Å². The van der Waals surface area contributed by atoms with Crippen LogP contribution in [0.25, 0.3) is 6.08 Å². The van der Waals surface area contributed by atoms with E-state index in [1.54, 1.807) is 6.08 Å². The van der Waals surface area contributed by atoms with Gasteiger partial charge in [0.1, 0.15) is 0 Å². The lowest BCUT2D eigenvalue weighted by Gasteiger charge is -2.36. The fourth-order valence-electron chi connectivity index (χ4n) is 2.77. The first-order valence-corrected chi connectivity index (χ1v) is 9.83. The summed E-state index contributed by atoms with van der Waals surface area (Å²) in [6.45, 7) is 4.56. The summed E-state index contributed by atoms with van der Waals surface area (Å²) in [4.78, 5) is 51.3. The molecule has 0 saturated heterocycles. The van der Waals surface area contributed by atoms with Crippen molar-refractivity contribution in [2.45, 2.75) is 45.2 Å². The van der Waals surface area contributed by atoms with Gasteiger partial charge in [0, 0.05) is 14.1 Å². The summed E-state index contributed by atoms with van der Waals surface area (Å²) < 4.78 is 5.14. The van der Waals surface area contributed by atoms with Crippen LogP contribution in [-0.2, 0) is 14.3 Å². The summed E-state index contributed by atoms with van der Waals surface area (Å²) in [6, 6.07) is 7.37. The van der Waals surface area contributed by atoms with Crippen LogP contribution >= 0.6 is 0 Å². The van der Waals surface area contributed by atoms with Crippen molar-refractivity contribution >= 4 is 29.8 Å². The Bertz CT molecular complexity index is 760. The molecular weight excluding hydrogens is 386 g/mol. The molecule has 0 unspecified atom stereocenters. The minimum Gasteiger partial charge on any atom is -0.450 e. The van der Waals surface area contributed by atoms with Crippen molar-refractivity contribution in [2.24, 2.45) is 0 Å². The molecule has 30 heavy (non-hydrogen) atoms. The average molecular weight is 418 g/mol. The highest BCUT2D eigenvalue weighted by Gasteiger charge is 2.49. The molecule has 0 aliphatic carbocycles. The van der Waals surface area contributed by atoms with Gasteiger partial charge in [-0.3, -0.25) is 9.59 Å². The van der Waals surface area contributed by atoms with E-state index in [2.05, 4.69) is 10.6 Å². The number of nitrogens with one attached hydrogen (secondary N) is 2. The number of ketones is 2. The molecule has 0 spiro atoms. The van der Waals surface area contributed by atoms with Gasteiger partial charge in [0.15, 0.2) is 17.1 Å². The van der Waals surface area contributed by atoms with E-state index < -0.39 is 35.3 Å². The van der Waals surface area contributed by atoms with E-state index in [-0.39, 0.29) is 6.61 Å². The van der Waals surface area contributed by atoms with Gasteiger partial charge < -0.3 is 20.3 Å². The van der Waals surface area contributed by atoms with E-state index in [1.807, 2.05) is 37.3 Å². The number of urea groups is 1. The van der Waals surface area contributed by atoms with E-state index in [1.165, 1.54) is 38.9 Å². The smallest absolute Gasteiger partial charge is 0.407 e. The van der Waals surface area contributed by atoms with Gasteiger partial charge in [-0.1, -0.05) is 55.8 Å². The third-order valence-corrected chi connectivity index (χ3v) is 4.57. The molecule has 0 aromatic heterocycles. The van der Waals surface area contributed by atoms with Crippen LogP contribution in [0.15, 0.2) is 36.4 Å². The summed E-state index contributed by atoms with van der Waals surface area (Å²) >= 11 is 0. The first-order chi connectivity index (χ1) is 14.1.